The van der Waals surface area contributed by atoms with Gasteiger partial charge in [0.1, 0.15) is 11.6 Å². The minimum atomic E-state index is -3.29. The minimum Gasteiger partial charge on any atom is -0.376 e. The van der Waals surface area contributed by atoms with Crippen molar-refractivity contribution in [3.63, 3.8) is 0 Å². The molecule has 0 unspecified atom stereocenters. The first-order valence-corrected chi connectivity index (χ1v) is 13.1. The second-order valence-corrected chi connectivity index (χ2v) is 10.8. The summed E-state index contributed by atoms with van der Waals surface area (Å²) in [5, 5.41) is 0. The third-order valence-electron chi connectivity index (χ3n) is 6.85. The van der Waals surface area contributed by atoms with Gasteiger partial charge in [0.05, 0.1) is 31.2 Å². The van der Waals surface area contributed by atoms with Gasteiger partial charge in [-0.15, -0.1) is 0 Å². The van der Waals surface area contributed by atoms with Crippen molar-refractivity contribution < 1.29 is 13.2 Å². The predicted molar refractivity (Wildman–Crippen MR) is 123 cm³/mol. The largest absolute Gasteiger partial charge is 0.376 e. The molecule has 4 rings (SSSR count). The molecule has 0 spiro atoms. The summed E-state index contributed by atoms with van der Waals surface area (Å²) in [7, 11) is -1.29. The maximum absolute atomic E-state index is 11.9. The van der Waals surface area contributed by atoms with Crippen molar-refractivity contribution in [2.75, 3.05) is 24.3 Å². The van der Waals surface area contributed by atoms with Gasteiger partial charge in [-0.3, -0.25) is 0 Å². The van der Waals surface area contributed by atoms with E-state index in [0.29, 0.717) is 12.5 Å². The molecule has 8 heteroatoms. The number of benzene rings is 1. The molecule has 1 aliphatic carbocycles. The molecule has 1 saturated carbocycles. The number of hydrogen-bond acceptors (Lipinski definition) is 5. The Morgan fingerprint density at radius 3 is 2.45 bits per heavy atom. The number of sulfonamides is 1. The van der Waals surface area contributed by atoms with E-state index >= 15 is 0 Å². The molecule has 31 heavy (non-hydrogen) atoms. The molecule has 7 nitrogen and oxygen atoms in total. The molecule has 2 aromatic rings. The Bertz CT molecular complexity index is 968. The van der Waals surface area contributed by atoms with Crippen LogP contribution in [0.2, 0.25) is 0 Å². The number of nitrogens with one attached hydrogen (secondary N) is 1. The zero-order valence-electron chi connectivity index (χ0n) is 18.7. The number of ether oxygens (including phenoxy) is 1. The van der Waals surface area contributed by atoms with Crippen LogP contribution in [0.3, 0.4) is 0 Å². The van der Waals surface area contributed by atoms with Gasteiger partial charge in [-0.2, -0.15) is 0 Å². The molecule has 1 aromatic heterocycles. The maximum atomic E-state index is 11.9. The first-order chi connectivity index (χ1) is 14.8. The highest BCUT2D eigenvalue weighted by Gasteiger charge is 2.38. The Kier molecular flexibility index (Phi) is 6.69. The first kappa shape index (κ1) is 22.3. The molecule has 0 bridgehead atoms. The van der Waals surface area contributed by atoms with Gasteiger partial charge in [0, 0.05) is 19.6 Å². The number of nitrogens with zero attached hydrogens (tertiary/aromatic N) is 3. The molecule has 2 fully saturated rings. The van der Waals surface area contributed by atoms with Crippen molar-refractivity contribution in [1.29, 1.82) is 0 Å². The molecule has 2 aliphatic rings. The summed E-state index contributed by atoms with van der Waals surface area (Å²) in [5.41, 5.74) is 1.42. The van der Waals surface area contributed by atoms with Crippen LogP contribution in [0, 0.1) is 6.92 Å². The van der Waals surface area contributed by atoms with Crippen LogP contribution in [0.15, 0.2) is 36.5 Å². The number of anilines is 1. The first-order valence-electron chi connectivity index (χ1n) is 11.2. The van der Waals surface area contributed by atoms with Gasteiger partial charge in [-0.25, -0.2) is 18.1 Å². The zero-order valence-corrected chi connectivity index (χ0v) is 19.5. The van der Waals surface area contributed by atoms with Crippen molar-refractivity contribution in [3.05, 3.63) is 47.9 Å². The normalized spacial score (nSPS) is 27.0. The summed E-state index contributed by atoms with van der Waals surface area (Å²) < 4.78 is 35.1. The van der Waals surface area contributed by atoms with Gasteiger partial charge in [0.15, 0.2) is 0 Å². The lowest BCUT2D eigenvalue weighted by atomic mass is 9.83. The Labute approximate surface area is 185 Å². The molecule has 1 N–H and O–H groups in total. The van der Waals surface area contributed by atoms with Crippen LogP contribution in [0.1, 0.15) is 49.4 Å². The number of hydrogen-bond donors (Lipinski definition) is 1. The van der Waals surface area contributed by atoms with E-state index in [9.17, 15) is 8.42 Å². The van der Waals surface area contributed by atoms with E-state index in [1.54, 1.807) is 0 Å². The highest BCUT2D eigenvalue weighted by Crippen LogP contribution is 2.34. The number of aryl methyl sites for hydroxylation is 1. The van der Waals surface area contributed by atoms with Gasteiger partial charge >= 0.3 is 0 Å². The molecule has 170 valence electrons. The second kappa shape index (κ2) is 9.30. The van der Waals surface area contributed by atoms with E-state index in [2.05, 4.69) is 49.5 Å². The van der Waals surface area contributed by atoms with E-state index in [-0.39, 0.29) is 18.2 Å². The average molecular weight is 447 g/mol. The zero-order chi connectivity index (χ0) is 22.0. The van der Waals surface area contributed by atoms with E-state index in [1.165, 1.54) is 11.8 Å². The molecule has 2 atom stereocenters. The molecule has 1 aromatic carbocycles. The summed E-state index contributed by atoms with van der Waals surface area (Å²) >= 11 is 0. The highest BCUT2D eigenvalue weighted by atomic mass is 32.2. The van der Waals surface area contributed by atoms with Crippen LogP contribution in [-0.4, -0.2) is 55.6 Å². The summed E-state index contributed by atoms with van der Waals surface area (Å²) in [4.78, 5) is 6.67. The van der Waals surface area contributed by atoms with Crippen LogP contribution in [-0.2, 0) is 21.8 Å². The van der Waals surface area contributed by atoms with Crippen molar-refractivity contribution >= 4 is 15.8 Å². The van der Waals surface area contributed by atoms with E-state index < -0.39 is 10.0 Å². The third-order valence-corrected chi connectivity index (χ3v) is 7.58. The lowest BCUT2D eigenvalue weighted by molar-refractivity contribution is 0.0156. The van der Waals surface area contributed by atoms with Crippen LogP contribution < -0.4 is 9.62 Å². The molecule has 1 saturated heterocycles. The summed E-state index contributed by atoms with van der Waals surface area (Å²) in [6.07, 6.45) is 8.44. The van der Waals surface area contributed by atoms with E-state index in [4.69, 9.17) is 4.74 Å². The van der Waals surface area contributed by atoms with Crippen LogP contribution in [0.4, 0.5) is 5.82 Å². The second-order valence-electron chi connectivity index (χ2n) is 8.99. The van der Waals surface area contributed by atoms with E-state index in [1.807, 2.05) is 20.2 Å². The number of aromatic nitrogens is 2. The lowest BCUT2D eigenvalue weighted by Gasteiger charge is -2.33. The van der Waals surface area contributed by atoms with Crippen LogP contribution in [0.5, 0.6) is 0 Å². The fraction of sp³-hybridized carbons (Fsp3) is 0.609. The van der Waals surface area contributed by atoms with Gasteiger partial charge in [0.2, 0.25) is 10.0 Å². The fourth-order valence-electron chi connectivity index (χ4n) is 5.04. The Morgan fingerprint density at radius 1 is 1.13 bits per heavy atom. The van der Waals surface area contributed by atoms with Crippen molar-refractivity contribution in [3.8, 4) is 0 Å². The number of rotatable bonds is 7. The van der Waals surface area contributed by atoms with Crippen LogP contribution >= 0.6 is 0 Å². The predicted octanol–water partition coefficient (Wildman–Crippen LogP) is 2.97. The van der Waals surface area contributed by atoms with Crippen molar-refractivity contribution in [2.45, 2.75) is 63.1 Å². The molecule has 1 aliphatic heterocycles. The van der Waals surface area contributed by atoms with Gasteiger partial charge in [-0.05, 0) is 50.5 Å². The third kappa shape index (κ3) is 5.30. The number of imidazole rings is 1. The molecular weight excluding hydrogens is 412 g/mol. The Balaban J connectivity index is 1.40. The molecular formula is C23H34N4O3S. The monoisotopic (exact) mass is 446 g/mol. The standard InChI is InChI=1S/C23H34N4O3S/c1-17-24-15-23(26(17)2)27-14-13-21(25-31(3,28)29)22(27)16-30-20-11-9-19(10-12-20)18-7-5-4-6-8-18/h4-8,15,19-22,25H,9-14,16H2,1-3H3/t19?,20?,21-,22-/m0/s1. The summed E-state index contributed by atoms with van der Waals surface area (Å²) in [5.74, 6) is 2.56. The highest BCUT2D eigenvalue weighted by molar-refractivity contribution is 7.88. The summed E-state index contributed by atoms with van der Waals surface area (Å²) in [6.45, 7) is 3.27. The Morgan fingerprint density at radius 2 is 1.84 bits per heavy atom. The quantitative estimate of drug-likeness (QED) is 0.708. The SMILES string of the molecule is Cc1ncc(N2CC[C@H](NS(C)(=O)=O)[C@@H]2COC2CCC(c3ccccc3)CC2)n1C. The van der Waals surface area contributed by atoms with Gasteiger partial charge in [-0.1, -0.05) is 30.3 Å². The lowest BCUT2D eigenvalue weighted by Crippen LogP contribution is -2.48. The molecule has 0 amide bonds. The topological polar surface area (TPSA) is 76.5 Å². The molecule has 2 heterocycles. The average Bonchev–Trinajstić information content (AvgIpc) is 3.28. The van der Waals surface area contributed by atoms with Crippen molar-refractivity contribution in [2.24, 2.45) is 7.05 Å². The van der Waals surface area contributed by atoms with Crippen molar-refractivity contribution in [1.82, 2.24) is 14.3 Å². The summed E-state index contributed by atoms with van der Waals surface area (Å²) in [6, 6.07) is 10.5. The van der Waals surface area contributed by atoms with Gasteiger partial charge < -0.3 is 14.2 Å². The maximum Gasteiger partial charge on any atom is 0.209 e. The Hall–Kier alpha value is -1.90. The fourth-order valence-corrected chi connectivity index (χ4v) is 5.86. The van der Waals surface area contributed by atoms with E-state index in [0.717, 1.165) is 50.3 Å². The van der Waals surface area contributed by atoms with Gasteiger partial charge in [0.25, 0.3) is 0 Å². The smallest absolute Gasteiger partial charge is 0.209 e. The molecule has 0 radical (unpaired) electrons. The van der Waals surface area contributed by atoms with Crippen LogP contribution in [0.25, 0.3) is 0 Å². The minimum absolute atomic E-state index is 0.0450.